The van der Waals surface area contributed by atoms with Crippen LogP contribution in [0.1, 0.15) is 64.9 Å². The van der Waals surface area contributed by atoms with Crippen molar-refractivity contribution in [2.24, 2.45) is 5.92 Å². The molecule has 1 aromatic carbocycles. The van der Waals surface area contributed by atoms with E-state index in [0.717, 1.165) is 36.9 Å². The fourth-order valence-electron chi connectivity index (χ4n) is 3.99. The van der Waals surface area contributed by atoms with Gasteiger partial charge in [-0.3, -0.25) is 4.79 Å². The zero-order valence-corrected chi connectivity index (χ0v) is 17.3. The van der Waals surface area contributed by atoms with Gasteiger partial charge in [0, 0.05) is 5.46 Å². The van der Waals surface area contributed by atoms with Crippen LogP contribution < -0.4 is 10.2 Å². The number of methoxy groups -OCH3 is 2. The highest BCUT2D eigenvalue weighted by molar-refractivity contribution is 6.63. The number of hydrogen-bond donors (Lipinski definition) is 0. The molecule has 1 saturated heterocycles. The van der Waals surface area contributed by atoms with Gasteiger partial charge in [-0.25, -0.2) is 0 Å². The summed E-state index contributed by atoms with van der Waals surface area (Å²) < 4.78 is 22.9. The highest BCUT2D eigenvalue weighted by Gasteiger charge is 2.52. The second-order valence-electron chi connectivity index (χ2n) is 8.66. The van der Waals surface area contributed by atoms with E-state index in [2.05, 4.69) is 39.8 Å². The zero-order chi connectivity index (χ0) is 19.8. The molecule has 1 aromatic rings. The number of benzene rings is 1. The molecule has 27 heavy (non-hydrogen) atoms. The van der Waals surface area contributed by atoms with E-state index in [1.807, 2.05) is 6.07 Å². The van der Waals surface area contributed by atoms with Crippen LogP contribution in [0.25, 0.3) is 0 Å². The maximum Gasteiger partial charge on any atom is 0.498 e. The van der Waals surface area contributed by atoms with Crippen LogP contribution in [0, 0.1) is 5.92 Å². The minimum Gasteiger partial charge on any atom is -0.497 e. The van der Waals surface area contributed by atoms with Crippen LogP contribution in [0.15, 0.2) is 18.2 Å². The molecule has 1 aliphatic carbocycles. The van der Waals surface area contributed by atoms with Crippen molar-refractivity contribution < 1.29 is 23.6 Å². The minimum absolute atomic E-state index is 0.0343. The summed E-state index contributed by atoms with van der Waals surface area (Å²) in [5.74, 6) is 1.16. The summed E-state index contributed by atoms with van der Waals surface area (Å²) in [5, 5.41) is 0. The number of ether oxygens (including phenoxy) is 2. The fourth-order valence-corrected chi connectivity index (χ4v) is 3.99. The summed E-state index contributed by atoms with van der Waals surface area (Å²) in [4.78, 5) is 11.8. The van der Waals surface area contributed by atoms with Gasteiger partial charge in [0.25, 0.3) is 0 Å². The molecule has 148 valence electrons. The summed E-state index contributed by atoms with van der Waals surface area (Å²) in [6.07, 6.45) is 3.70. The lowest BCUT2D eigenvalue weighted by Gasteiger charge is -2.32. The van der Waals surface area contributed by atoms with Crippen LogP contribution in [0.4, 0.5) is 0 Å². The minimum atomic E-state index is -0.448. The molecular weight excluding hydrogens is 343 g/mol. The summed E-state index contributed by atoms with van der Waals surface area (Å²) in [6, 6.07) is 6.28. The van der Waals surface area contributed by atoms with Crippen molar-refractivity contribution >= 4 is 18.6 Å². The van der Waals surface area contributed by atoms with Gasteiger partial charge in [-0.05, 0) is 70.9 Å². The molecule has 0 unspecified atom stereocenters. The Balaban J connectivity index is 1.80. The first-order valence-electron chi connectivity index (χ1n) is 9.80. The van der Waals surface area contributed by atoms with Gasteiger partial charge < -0.3 is 18.8 Å². The van der Waals surface area contributed by atoms with Gasteiger partial charge in [-0.2, -0.15) is 0 Å². The molecule has 0 bridgehead atoms. The van der Waals surface area contributed by atoms with Crippen molar-refractivity contribution in [3.05, 3.63) is 23.8 Å². The Bertz CT molecular complexity index is 676. The number of carbonyl (C=O) groups excluding carboxylic acids is 1. The van der Waals surface area contributed by atoms with Gasteiger partial charge in [-0.1, -0.05) is 12.1 Å². The molecule has 0 N–H and O–H groups in total. The Hall–Kier alpha value is -1.53. The molecule has 0 atom stereocenters. The molecular formula is C21H31BO5. The van der Waals surface area contributed by atoms with Crippen molar-refractivity contribution in [2.75, 3.05) is 14.2 Å². The quantitative estimate of drug-likeness (QED) is 0.597. The van der Waals surface area contributed by atoms with Crippen LogP contribution in [0.2, 0.25) is 0 Å². The first kappa shape index (κ1) is 20.2. The van der Waals surface area contributed by atoms with Crippen LogP contribution in [-0.2, 0) is 18.8 Å². The van der Waals surface area contributed by atoms with E-state index in [4.69, 9.17) is 18.8 Å². The molecule has 5 nitrogen and oxygen atoms in total. The molecule has 2 fully saturated rings. The predicted octanol–water partition coefficient (Wildman–Crippen LogP) is 3.44. The van der Waals surface area contributed by atoms with Crippen molar-refractivity contribution in [1.82, 2.24) is 0 Å². The lowest BCUT2D eigenvalue weighted by Crippen LogP contribution is -2.41. The second-order valence-corrected chi connectivity index (χ2v) is 8.66. The summed E-state index contributed by atoms with van der Waals surface area (Å²) in [5.41, 5.74) is 1.40. The highest BCUT2D eigenvalue weighted by atomic mass is 16.7. The Morgan fingerprint density at radius 3 is 2.15 bits per heavy atom. The van der Waals surface area contributed by atoms with Gasteiger partial charge in [0.15, 0.2) is 0 Å². The average molecular weight is 374 g/mol. The summed E-state index contributed by atoms with van der Waals surface area (Å²) in [7, 11) is 2.69. The van der Waals surface area contributed by atoms with Crippen molar-refractivity contribution in [3.63, 3.8) is 0 Å². The molecule has 3 rings (SSSR count). The average Bonchev–Trinajstić information content (AvgIpc) is 2.88. The van der Waals surface area contributed by atoms with Gasteiger partial charge in [0.2, 0.25) is 0 Å². The van der Waals surface area contributed by atoms with E-state index in [1.165, 1.54) is 12.7 Å². The standard InChI is InChI=1S/C21H31BO5/c1-20(2)21(3,4)27-22(26-20)17-13-16(11-12-18(17)24-5)14-7-9-15(10-8-14)19(23)25-6/h11-15H,7-10H2,1-6H3/t14-,15-. The van der Waals surface area contributed by atoms with Crippen molar-refractivity contribution in [3.8, 4) is 5.75 Å². The first-order chi connectivity index (χ1) is 12.7. The maximum absolute atomic E-state index is 11.8. The third-order valence-electron chi connectivity index (χ3n) is 6.49. The van der Waals surface area contributed by atoms with Crippen LogP contribution in [-0.4, -0.2) is 38.5 Å². The topological polar surface area (TPSA) is 54.0 Å². The van der Waals surface area contributed by atoms with E-state index in [1.54, 1.807) is 7.11 Å². The lowest BCUT2D eigenvalue weighted by molar-refractivity contribution is -0.146. The third-order valence-corrected chi connectivity index (χ3v) is 6.49. The SMILES string of the molecule is COc1ccc([C@H]2CC[C@H](C(=O)OC)CC2)cc1B1OC(C)(C)C(C)(C)O1. The summed E-state index contributed by atoms with van der Waals surface area (Å²) >= 11 is 0. The molecule has 6 heteroatoms. The first-order valence-corrected chi connectivity index (χ1v) is 9.80. The number of esters is 1. The van der Waals surface area contributed by atoms with Crippen molar-refractivity contribution in [1.29, 1.82) is 0 Å². The number of hydrogen-bond acceptors (Lipinski definition) is 5. The molecule has 0 aromatic heterocycles. The second kappa shape index (κ2) is 7.48. The van der Waals surface area contributed by atoms with E-state index in [0.29, 0.717) is 5.92 Å². The fraction of sp³-hybridized carbons (Fsp3) is 0.667. The van der Waals surface area contributed by atoms with E-state index < -0.39 is 18.3 Å². The van der Waals surface area contributed by atoms with Crippen LogP contribution in [0.5, 0.6) is 5.75 Å². The van der Waals surface area contributed by atoms with Gasteiger partial charge in [0.1, 0.15) is 5.75 Å². The van der Waals surface area contributed by atoms with E-state index >= 15 is 0 Å². The van der Waals surface area contributed by atoms with Crippen LogP contribution in [0.3, 0.4) is 0 Å². The molecule has 1 heterocycles. The number of rotatable bonds is 4. The Morgan fingerprint density at radius 1 is 1.04 bits per heavy atom. The number of carbonyl (C=O) groups is 1. The smallest absolute Gasteiger partial charge is 0.497 e. The largest absolute Gasteiger partial charge is 0.498 e. The maximum atomic E-state index is 11.8. The third kappa shape index (κ3) is 3.88. The lowest BCUT2D eigenvalue weighted by atomic mass is 9.73. The molecule has 0 amide bonds. The molecule has 0 radical (unpaired) electrons. The molecule has 1 aliphatic heterocycles. The Morgan fingerprint density at radius 2 is 1.63 bits per heavy atom. The zero-order valence-electron chi connectivity index (χ0n) is 17.3. The van der Waals surface area contributed by atoms with E-state index in [9.17, 15) is 4.79 Å². The van der Waals surface area contributed by atoms with Gasteiger partial charge >= 0.3 is 13.1 Å². The van der Waals surface area contributed by atoms with Crippen LogP contribution >= 0.6 is 0 Å². The van der Waals surface area contributed by atoms with Gasteiger partial charge in [-0.15, -0.1) is 0 Å². The molecule has 2 aliphatic rings. The Labute approximate surface area is 162 Å². The molecule has 0 spiro atoms. The molecule has 1 saturated carbocycles. The van der Waals surface area contributed by atoms with Crippen molar-refractivity contribution in [2.45, 2.75) is 70.5 Å². The summed E-state index contributed by atoms with van der Waals surface area (Å²) in [6.45, 7) is 8.21. The normalized spacial score (nSPS) is 26.7. The van der Waals surface area contributed by atoms with Gasteiger partial charge in [0.05, 0.1) is 31.3 Å². The Kier molecular flexibility index (Phi) is 5.60. The highest BCUT2D eigenvalue weighted by Crippen LogP contribution is 2.39. The monoisotopic (exact) mass is 374 g/mol. The van der Waals surface area contributed by atoms with E-state index in [-0.39, 0.29) is 11.9 Å². The predicted molar refractivity (Wildman–Crippen MR) is 105 cm³/mol.